The van der Waals surface area contributed by atoms with Crippen LogP contribution in [0, 0.1) is 12.8 Å². The fraction of sp³-hybridized carbons (Fsp3) is 0.304. The first kappa shape index (κ1) is 25.1. The van der Waals surface area contributed by atoms with Crippen LogP contribution in [0.15, 0.2) is 47.6 Å². The van der Waals surface area contributed by atoms with E-state index in [2.05, 4.69) is 20.8 Å². The smallest absolute Gasteiger partial charge is 0.251 e. The van der Waals surface area contributed by atoms with Gasteiger partial charge in [-0.05, 0) is 43.2 Å². The molecule has 7 nitrogen and oxygen atoms in total. The van der Waals surface area contributed by atoms with Gasteiger partial charge in [0.1, 0.15) is 0 Å². The lowest BCUT2D eigenvalue weighted by Gasteiger charge is -2.21. The quantitative estimate of drug-likeness (QED) is 0.406. The molecule has 3 rings (SSSR count). The molecule has 0 fully saturated rings. The van der Waals surface area contributed by atoms with E-state index >= 15 is 0 Å². The predicted octanol–water partition coefficient (Wildman–Crippen LogP) is 5.29. The van der Waals surface area contributed by atoms with E-state index in [1.807, 2.05) is 46.0 Å². The number of rotatable bonds is 8. The number of carbonyl (C=O) groups is 2. The highest BCUT2D eigenvalue weighted by molar-refractivity contribution is 7.99. The summed E-state index contributed by atoms with van der Waals surface area (Å²) in [5.41, 5.74) is 2.10. The average molecular weight is 506 g/mol. The number of halogens is 2. The lowest BCUT2D eigenvalue weighted by Crippen LogP contribution is -2.33. The predicted molar refractivity (Wildman–Crippen MR) is 133 cm³/mol. The molecule has 0 spiro atoms. The largest absolute Gasteiger partial charge is 0.342 e. The molecule has 2 N–H and O–H groups in total. The lowest BCUT2D eigenvalue weighted by molar-refractivity contribution is -0.113. The third-order valence-corrected chi connectivity index (χ3v) is 6.49. The van der Waals surface area contributed by atoms with Crippen LogP contribution in [-0.2, 0) is 11.8 Å². The van der Waals surface area contributed by atoms with Gasteiger partial charge in [-0.2, -0.15) is 0 Å². The Morgan fingerprint density at radius 3 is 2.55 bits per heavy atom. The van der Waals surface area contributed by atoms with E-state index in [1.54, 1.807) is 28.8 Å². The third kappa shape index (κ3) is 6.50. The van der Waals surface area contributed by atoms with Gasteiger partial charge in [-0.3, -0.25) is 9.59 Å². The van der Waals surface area contributed by atoms with Crippen molar-refractivity contribution in [1.82, 2.24) is 20.1 Å². The second kappa shape index (κ2) is 11.0. The Kier molecular flexibility index (Phi) is 8.40. The van der Waals surface area contributed by atoms with Crippen LogP contribution in [0.2, 0.25) is 10.0 Å². The second-order valence-electron chi connectivity index (χ2n) is 7.93. The molecule has 0 saturated heterocycles. The highest BCUT2D eigenvalue weighted by Gasteiger charge is 2.25. The minimum Gasteiger partial charge on any atom is -0.342 e. The summed E-state index contributed by atoms with van der Waals surface area (Å²) in [5.74, 6) is 0.410. The highest BCUT2D eigenvalue weighted by Crippen LogP contribution is 2.27. The molecule has 174 valence electrons. The molecule has 2 amide bonds. The average Bonchev–Trinajstić information content (AvgIpc) is 3.12. The number of benzene rings is 2. The Labute approximate surface area is 207 Å². The Bertz CT molecular complexity index is 1170. The Morgan fingerprint density at radius 2 is 1.88 bits per heavy atom. The van der Waals surface area contributed by atoms with Crippen LogP contribution >= 0.6 is 35.0 Å². The summed E-state index contributed by atoms with van der Waals surface area (Å²) < 4.78 is 1.80. The number of nitrogens with zero attached hydrogens (tertiary/aromatic N) is 3. The molecule has 33 heavy (non-hydrogen) atoms. The summed E-state index contributed by atoms with van der Waals surface area (Å²) in [4.78, 5) is 25.2. The number of anilines is 1. The lowest BCUT2D eigenvalue weighted by atomic mass is 10.0. The van der Waals surface area contributed by atoms with Gasteiger partial charge in [0.05, 0.1) is 22.5 Å². The minimum absolute atomic E-state index is 0.0786. The molecular weight excluding hydrogens is 481 g/mol. The first-order valence-electron chi connectivity index (χ1n) is 10.3. The molecule has 0 saturated carbocycles. The monoisotopic (exact) mass is 505 g/mol. The number of aryl methyl sites for hydroxylation is 1. The zero-order valence-electron chi connectivity index (χ0n) is 18.7. The van der Waals surface area contributed by atoms with Crippen molar-refractivity contribution in [2.45, 2.75) is 32.0 Å². The van der Waals surface area contributed by atoms with Gasteiger partial charge in [0.2, 0.25) is 5.91 Å². The zero-order valence-corrected chi connectivity index (χ0v) is 21.1. The van der Waals surface area contributed by atoms with Crippen molar-refractivity contribution in [3.05, 3.63) is 69.5 Å². The molecule has 1 unspecified atom stereocenters. The Hall–Kier alpha value is -2.55. The number of carbonyl (C=O) groups excluding carboxylic acids is 2. The molecule has 1 aromatic heterocycles. The molecule has 0 aliphatic carbocycles. The number of amides is 2. The maximum Gasteiger partial charge on any atom is 0.251 e. The van der Waals surface area contributed by atoms with Gasteiger partial charge in [-0.25, -0.2) is 0 Å². The molecule has 1 atom stereocenters. The first-order valence-corrected chi connectivity index (χ1v) is 12.0. The van der Waals surface area contributed by atoms with Crippen LogP contribution in [0.25, 0.3) is 0 Å². The van der Waals surface area contributed by atoms with Crippen molar-refractivity contribution in [2.24, 2.45) is 13.0 Å². The van der Waals surface area contributed by atoms with E-state index < -0.39 is 0 Å². The molecule has 0 radical (unpaired) electrons. The second-order valence-corrected chi connectivity index (χ2v) is 9.71. The molecule has 2 aromatic carbocycles. The van der Waals surface area contributed by atoms with Crippen molar-refractivity contribution in [1.29, 1.82) is 0 Å². The summed E-state index contributed by atoms with van der Waals surface area (Å²) in [6.45, 7) is 5.96. The third-order valence-electron chi connectivity index (χ3n) is 4.92. The summed E-state index contributed by atoms with van der Waals surface area (Å²) in [6.07, 6.45) is 0. The molecule has 0 bridgehead atoms. The molecule has 0 aliphatic rings. The maximum absolute atomic E-state index is 12.8. The number of aromatic nitrogens is 3. The van der Waals surface area contributed by atoms with E-state index in [0.717, 1.165) is 5.56 Å². The van der Waals surface area contributed by atoms with Crippen molar-refractivity contribution in [2.75, 3.05) is 11.1 Å². The number of nitrogens with one attached hydrogen (secondary N) is 2. The van der Waals surface area contributed by atoms with Gasteiger partial charge in [-0.1, -0.05) is 66.5 Å². The number of hydrogen-bond acceptors (Lipinski definition) is 5. The van der Waals surface area contributed by atoms with Crippen LogP contribution in [0.1, 0.15) is 41.6 Å². The zero-order chi connectivity index (χ0) is 24.1. The topological polar surface area (TPSA) is 88.9 Å². The highest BCUT2D eigenvalue weighted by atomic mass is 35.5. The van der Waals surface area contributed by atoms with Gasteiger partial charge >= 0.3 is 0 Å². The van der Waals surface area contributed by atoms with Gasteiger partial charge in [-0.15, -0.1) is 10.2 Å². The van der Waals surface area contributed by atoms with Crippen LogP contribution < -0.4 is 10.6 Å². The van der Waals surface area contributed by atoms with E-state index in [1.165, 1.54) is 11.8 Å². The molecule has 10 heteroatoms. The van der Waals surface area contributed by atoms with Crippen molar-refractivity contribution in [3.63, 3.8) is 0 Å². The first-order chi connectivity index (χ1) is 15.7. The van der Waals surface area contributed by atoms with Gasteiger partial charge < -0.3 is 15.2 Å². The van der Waals surface area contributed by atoms with Crippen molar-refractivity contribution >= 4 is 52.5 Å². The van der Waals surface area contributed by atoms with Crippen molar-refractivity contribution in [3.8, 4) is 0 Å². The summed E-state index contributed by atoms with van der Waals surface area (Å²) in [6, 6.07) is 12.0. The number of thioether (sulfide) groups is 1. The van der Waals surface area contributed by atoms with Crippen LogP contribution in [0.4, 0.5) is 5.69 Å². The van der Waals surface area contributed by atoms with E-state index in [4.69, 9.17) is 23.2 Å². The normalized spacial score (nSPS) is 12.0. The van der Waals surface area contributed by atoms with Crippen LogP contribution in [0.3, 0.4) is 0 Å². The molecular formula is C23H25Cl2N5O2S. The standard InChI is InChI=1S/C23H25Cl2N5O2S/c1-13(2)20(27-22(32)15-7-5-6-14(3)10-15)21-28-29-23(30(21)4)33-12-19(31)26-18-9-8-16(24)11-17(18)25/h5-11,13,20H,12H2,1-4H3,(H,26,31)(H,27,32). The Balaban J connectivity index is 1.67. The van der Waals surface area contributed by atoms with E-state index in [-0.39, 0.29) is 29.5 Å². The van der Waals surface area contributed by atoms with Gasteiger partial charge in [0, 0.05) is 17.6 Å². The van der Waals surface area contributed by atoms with E-state index in [0.29, 0.717) is 32.3 Å². The SMILES string of the molecule is Cc1cccc(C(=O)NC(c2nnc(SCC(=O)Nc3ccc(Cl)cc3Cl)n2C)C(C)C)c1. The minimum atomic E-state index is -0.341. The fourth-order valence-corrected chi connectivity index (χ4v) is 4.34. The van der Waals surface area contributed by atoms with Crippen LogP contribution in [0.5, 0.6) is 0 Å². The van der Waals surface area contributed by atoms with Crippen LogP contribution in [-0.4, -0.2) is 32.3 Å². The fourth-order valence-electron chi connectivity index (χ4n) is 3.17. The maximum atomic E-state index is 12.8. The van der Waals surface area contributed by atoms with Gasteiger partial charge in [0.25, 0.3) is 5.91 Å². The molecule has 0 aliphatic heterocycles. The van der Waals surface area contributed by atoms with E-state index in [9.17, 15) is 9.59 Å². The summed E-state index contributed by atoms with van der Waals surface area (Å²) in [5, 5.41) is 15.8. The van der Waals surface area contributed by atoms with Gasteiger partial charge in [0.15, 0.2) is 11.0 Å². The van der Waals surface area contributed by atoms with Crippen molar-refractivity contribution < 1.29 is 9.59 Å². The Morgan fingerprint density at radius 1 is 1.12 bits per heavy atom. The molecule has 1 heterocycles. The summed E-state index contributed by atoms with van der Waals surface area (Å²) in [7, 11) is 1.82. The molecule has 3 aromatic rings. The summed E-state index contributed by atoms with van der Waals surface area (Å²) >= 11 is 13.2. The number of hydrogen-bond donors (Lipinski definition) is 2.